The van der Waals surface area contributed by atoms with Gasteiger partial charge in [0.1, 0.15) is 11.3 Å². The van der Waals surface area contributed by atoms with Crippen molar-refractivity contribution in [3.63, 3.8) is 0 Å². The van der Waals surface area contributed by atoms with Crippen molar-refractivity contribution < 1.29 is 23.8 Å². The van der Waals surface area contributed by atoms with Gasteiger partial charge in [-0.2, -0.15) is 0 Å². The third-order valence-electron chi connectivity index (χ3n) is 5.13. The molecule has 1 unspecified atom stereocenters. The summed E-state index contributed by atoms with van der Waals surface area (Å²) in [5.41, 5.74) is -0.369. The summed E-state index contributed by atoms with van der Waals surface area (Å²) >= 11 is 6.35. The first-order valence-electron chi connectivity index (χ1n) is 9.38. The summed E-state index contributed by atoms with van der Waals surface area (Å²) in [5, 5.41) is 9.58. The zero-order valence-electron chi connectivity index (χ0n) is 16.5. The third kappa shape index (κ3) is 4.02. The Bertz CT molecular complexity index is 1000. The van der Waals surface area contributed by atoms with E-state index in [4.69, 9.17) is 21.1 Å². The van der Waals surface area contributed by atoms with Gasteiger partial charge in [0.15, 0.2) is 5.82 Å². The third-order valence-corrected chi connectivity index (χ3v) is 5.42. The molecule has 2 aromatic rings. The predicted molar refractivity (Wildman–Crippen MR) is 108 cm³/mol. The summed E-state index contributed by atoms with van der Waals surface area (Å²) in [6.45, 7) is 4.92. The molecule has 0 amide bonds. The molecule has 8 heteroatoms. The number of pyridine rings is 1. The number of aromatic carboxylic acids is 1. The van der Waals surface area contributed by atoms with Gasteiger partial charge in [0.05, 0.1) is 17.3 Å². The van der Waals surface area contributed by atoms with Crippen molar-refractivity contribution in [2.24, 2.45) is 5.92 Å². The molecule has 0 aliphatic carbocycles. The van der Waals surface area contributed by atoms with E-state index in [1.807, 2.05) is 13.8 Å². The van der Waals surface area contributed by atoms with Gasteiger partial charge in [-0.3, -0.25) is 4.79 Å². The van der Waals surface area contributed by atoms with Crippen LogP contribution in [0.1, 0.15) is 42.2 Å². The van der Waals surface area contributed by atoms with E-state index in [-0.39, 0.29) is 17.7 Å². The van der Waals surface area contributed by atoms with Gasteiger partial charge in [-0.15, -0.1) is 0 Å². The predicted octanol–water partition coefficient (Wildman–Crippen LogP) is 4.17. The highest BCUT2D eigenvalue weighted by Crippen LogP contribution is 2.42. The highest BCUT2D eigenvalue weighted by Gasteiger charge is 2.32. The van der Waals surface area contributed by atoms with Crippen LogP contribution in [0.2, 0.25) is 5.02 Å². The van der Waals surface area contributed by atoms with E-state index in [0.717, 1.165) is 5.56 Å². The molecule has 0 fully saturated rings. The second kappa shape index (κ2) is 8.55. The van der Waals surface area contributed by atoms with Crippen molar-refractivity contribution in [1.29, 1.82) is 0 Å². The van der Waals surface area contributed by atoms with Crippen LogP contribution in [0.3, 0.4) is 0 Å². The fourth-order valence-corrected chi connectivity index (χ4v) is 3.85. The van der Waals surface area contributed by atoms with Gasteiger partial charge in [-0.1, -0.05) is 25.4 Å². The van der Waals surface area contributed by atoms with Crippen LogP contribution >= 0.6 is 11.6 Å². The maximum Gasteiger partial charge on any atom is 0.341 e. The number of carbonyl (C=O) groups is 1. The van der Waals surface area contributed by atoms with E-state index in [2.05, 4.69) is 0 Å². The molecule has 3 rings (SSSR count). The van der Waals surface area contributed by atoms with Crippen LogP contribution in [-0.2, 0) is 11.2 Å². The number of fused-ring (bicyclic) bond motifs is 3. The minimum atomic E-state index is -1.45. The Balaban J connectivity index is 2.14. The van der Waals surface area contributed by atoms with Crippen molar-refractivity contribution in [1.82, 2.24) is 4.57 Å². The Kier molecular flexibility index (Phi) is 6.29. The molecule has 0 bridgehead atoms. The quantitative estimate of drug-likeness (QED) is 0.676. The van der Waals surface area contributed by atoms with Crippen molar-refractivity contribution in [2.45, 2.75) is 32.7 Å². The van der Waals surface area contributed by atoms with Gasteiger partial charge < -0.3 is 19.1 Å². The van der Waals surface area contributed by atoms with Gasteiger partial charge in [0.2, 0.25) is 5.43 Å². The molecule has 0 spiro atoms. The van der Waals surface area contributed by atoms with Gasteiger partial charge in [0, 0.05) is 37.9 Å². The Morgan fingerprint density at radius 1 is 1.38 bits per heavy atom. The van der Waals surface area contributed by atoms with Crippen molar-refractivity contribution >= 4 is 17.6 Å². The lowest BCUT2D eigenvalue weighted by Crippen LogP contribution is -2.30. The average molecular weight is 424 g/mol. The fraction of sp³-hybridized carbons (Fsp3) is 0.429. The highest BCUT2D eigenvalue weighted by molar-refractivity contribution is 6.32. The number of hydrogen-bond acceptors (Lipinski definition) is 4. The average Bonchev–Trinajstić information content (AvgIpc) is 2.67. The zero-order chi connectivity index (χ0) is 21.3. The normalized spacial score (nSPS) is 15.2. The molecule has 1 aromatic carbocycles. The van der Waals surface area contributed by atoms with Gasteiger partial charge in [-0.25, -0.2) is 9.18 Å². The van der Waals surface area contributed by atoms with E-state index in [9.17, 15) is 14.7 Å². The van der Waals surface area contributed by atoms with E-state index in [0.29, 0.717) is 42.4 Å². The molecule has 0 radical (unpaired) electrons. The first kappa shape index (κ1) is 21.3. The molecule has 0 saturated heterocycles. The minimum absolute atomic E-state index is 0.0628. The first-order chi connectivity index (χ1) is 13.8. The van der Waals surface area contributed by atoms with Crippen LogP contribution in [0.4, 0.5) is 4.39 Å². The van der Waals surface area contributed by atoms with E-state index in [1.54, 1.807) is 23.8 Å². The number of carboxylic acid groups (broad SMARTS) is 1. The number of hydrogen-bond donors (Lipinski definition) is 1. The Labute approximate surface area is 172 Å². The number of halogens is 2. The van der Waals surface area contributed by atoms with Crippen molar-refractivity contribution in [3.8, 4) is 17.0 Å². The van der Waals surface area contributed by atoms with Crippen LogP contribution in [0, 0.1) is 11.7 Å². The number of methoxy groups -OCH3 is 1. The van der Waals surface area contributed by atoms with Crippen LogP contribution in [-0.4, -0.2) is 36.0 Å². The van der Waals surface area contributed by atoms with Crippen LogP contribution in [0.25, 0.3) is 11.3 Å². The molecule has 1 atom stereocenters. The molecule has 0 saturated carbocycles. The molecule has 156 valence electrons. The SMILES string of the molecule is COCCCOc1cc2c(cc1Cl)-c1c(F)c(=O)c(C(=O)O)cn1C(C(C)C)C2. The van der Waals surface area contributed by atoms with Crippen LogP contribution in [0.15, 0.2) is 23.1 Å². The van der Waals surface area contributed by atoms with Crippen LogP contribution < -0.4 is 10.2 Å². The Hall–Kier alpha value is -2.38. The Morgan fingerprint density at radius 3 is 2.72 bits per heavy atom. The monoisotopic (exact) mass is 423 g/mol. The largest absolute Gasteiger partial charge is 0.492 e. The fourth-order valence-electron chi connectivity index (χ4n) is 3.63. The van der Waals surface area contributed by atoms with Gasteiger partial charge in [-0.05, 0) is 30.0 Å². The summed E-state index contributed by atoms with van der Waals surface area (Å²) < 4.78 is 27.4. The molecular formula is C21H23ClFNO5. The smallest absolute Gasteiger partial charge is 0.341 e. The second-order valence-electron chi connectivity index (χ2n) is 7.40. The van der Waals surface area contributed by atoms with E-state index in [1.165, 1.54) is 6.20 Å². The minimum Gasteiger partial charge on any atom is -0.492 e. The first-order valence-corrected chi connectivity index (χ1v) is 9.76. The highest BCUT2D eigenvalue weighted by atomic mass is 35.5. The lowest BCUT2D eigenvalue weighted by atomic mass is 9.87. The number of carboxylic acids is 1. The summed E-state index contributed by atoms with van der Waals surface area (Å²) in [5.74, 6) is -1.97. The van der Waals surface area contributed by atoms with Crippen LogP contribution in [0.5, 0.6) is 5.75 Å². The van der Waals surface area contributed by atoms with Crippen molar-refractivity contribution in [3.05, 3.63) is 50.5 Å². The van der Waals surface area contributed by atoms with E-state index >= 15 is 4.39 Å². The summed E-state index contributed by atoms with van der Waals surface area (Å²) in [6.07, 6.45) is 2.47. The van der Waals surface area contributed by atoms with Gasteiger partial charge in [0.25, 0.3) is 0 Å². The Morgan fingerprint density at radius 2 is 2.10 bits per heavy atom. The summed E-state index contributed by atoms with van der Waals surface area (Å²) in [7, 11) is 1.61. The number of benzene rings is 1. The molecule has 1 N–H and O–H groups in total. The number of aromatic nitrogens is 1. The lowest BCUT2D eigenvalue weighted by Gasteiger charge is -2.34. The standard InChI is InChI=1S/C21H23ClFNO5/c1-11(2)16-7-12-8-17(29-6-4-5-28-3)15(22)9-13(12)19-18(23)20(25)14(21(26)27)10-24(16)19/h8-11,16H,4-7H2,1-3H3,(H,26,27). The molecule has 6 nitrogen and oxygen atoms in total. The maximum atomic E-state index is 15.1. The lowest BCUT2D eigenvalue weighted by molar-refractivity contribution is 0.0693. The number of rotatable bonds is 7. The molecule has 29 heavy (non-hydrogen) atoms. The molecule has 1 aromatic heterocycles. The summed E-state index contributed by atoms with van der Waals surface area (Å²) in [4.78, 5) is 23.7. The number of nitrogens with zero attached hydrogens (tertiary/aromatic N) is 1. The molecule has 1 aliphatic rings. The molecule has 2 heterocycles. The topological polar surface area (TPSA) is 77.8 Å². The molecular weight excluding hydrogens is 401 g/mol. The second-order valence-corrected chi connectivity index (χ2v) is 7.80. The zero-order valence-corrected chi connectivity index (χ0v) is 17.3. The molecule has 1 aliphatic heterocycles. The van der Waals surface area contributed by atoms with Gasteiger partial charge >= 0.3 is 5.97 Å². The number of ether oxygens (including phenoxy) is 2. The summed E-state index contributed by atoms with van der Waals surface area (Å²) in [6, 6.07) is 3.14. The maximum absolute atomic E-state index is 15.1. The van der Waals surface area contributed by atoms with Crippen molar-refractivity contribution in [2.75, 3.05) is 20.3 Å². The van der Waals surface area contributed by atoms with E-state index < -0.39 is 22.8 Å².